The Kier molecular flexibility index (Phi) is 3.36. The van der Waals surface area contributed by atoms with Gasteiger partial charge in [-0.3, -0.25) is 0 Å². The van der Waals surface area contributed by atoms with E-state index in [0.29, 0.717) is 5.92 Å². The van der Waals surface area contributed by atoms with Gasteiger partial charge in [0.2, 0.25) is 0 Å². The first kappa shape index (κ1) is 15.2. The van der Waals surface area contributed by atoms with Crippen LogP contribution in [0.15, 0.2) is 84.9 Å². The third-order valence-electron chi connectivity index (χ3n) is 5.35. The number of hydrogen-bond acceptors (Lipinski definition) is 0. The van der Waals surface area contributed by atoms with Crippen LogP contribution in [0.3, 0.4) is 0 Å². The lowest BCUT2D eigenvalue weighted by Crippen LogP contribution is -1.94. The molecule has 0 unspecified atom stereocenters. The Labute approximate surface area is 153 Å². The minimum absolute atomic E-state index is 0.486. The molecule has 0 N–H and O–H groups in total. The molecule has 0 aliphatic carbocycles. The smallest absolute Gasteiger partial charge is 0.0619 e. The van der Waals surface area contributed by atoms with Gasteiger partial charge in [-0.1, -0.05) is 80.6 Å². The highest BCUT2D eigenvalue weighted by molar-refractivity contribution is 6.19. The SMILES string of the molecule is CC(C)c1cccc2c1c1ccc3ccccc3c1n2-c1ccccc1. The van der Waals surface area contributed by atoms with E-state index in [1.54, 1.807) is 0 Å². The standard InChI is InChI=1S/C25H21N/c1-17(2)20-13-8-14-23-24(20)22-16-15-18-9-6-7-12-21(18)25(22)26(23)19-10-4-3-5-11-19/h3-17H,1-2H3. The lowest BCUT2D eigenvalue weighted by molar-refractivity contribution is 0.877. The van der Waals surface area contributed by atoms with Gasteiger partial charge in [-0.15, -0.1) is 0 Å². The van der Waals surface area contributed by atoms with Crippen molar-refractivity contribution < 1.29 is 0 Å². The van der Waals surface area contributed by atoms with Crippen LogP contribution in [-0.4, -0.2) is 4.57 Å². The van der Waals surface area contributed by atoms with Crippen molar-refractivity contribution in [3.8, 4) is 5.69 Å². The molecule has 1 heterocycles. The summed E-state index contributed by atoms with van der Waals surface area (Å²) in [4.78, 5) is 0. The van der Waals surface area contributed by atoms with Gasteiger partial charge in [0.25, 0.3) is 0 Å². The highest BCUT2D eigenvalue weighted by atomic mass is 15.0. The van der Waals surface area contributed by atoms with Crippen LogP contribution in [0.2, 0.25) is 0 Å². The Bertz CT molecular complexity index is 1240. The van der Waals surface area contributed by atoms with Gasteiger partial charge in [-0.05, 0) is 35.1 Å². The molecule has 0 fully saturated rings. The molecule has 0 aliphatic heterocycles. The number of aromatic nitrogens is 1. The number of para-hydroxylation sites is 1. The summed E-state index contributed by atoms with van der Waals surface area (Å²) in [5.74, 6) is 0.486. The summed E-state index contributed by atoms with van der Waals surface area (Å²) in [6.45, 7) is 4.56. The molecular formula is C25H21N. The molecule has 1 nitrogen and oxygen atoms in total. The van der Waals surface area contributed by atoms with Crippen LogP contribution in [0.5, 0.6) is 0 Å². The lowest BCUT2D eigenvalue weighted by atomic mass is 9.96. The number of nitrogens with zero attached hydrogens (tertiary/aromatic N) is 1. The molecule has 0 saturated carbocycles. The predicted molar refractivity (Wildman–Crippen MR) is 112 cm³/mol. The molecular weight excluding hydrogens is 314 g/mol. The van der Waals surface area contributed by atoms with Gasteiger partial charge in [0.05, 0.1) is 11.0 Å². The summed E-state index contributed by atoms with van der Waals surface area (Å²) >= 11 is 0. The van der Waals surface area contributed by atoms with Gasteiger partial charge in [0.15, 0.2) is 0 Å². The van der Waals surface area contributed by atoms with Gasteiger partial charge < -0.3 is 4.57 Å². The highest BCUT2D eigenvalue weighted by Gasteiger charge is 2.17. The zero-order chi connectivity index (χ0) is 17.7. The molecule has 126 valence electrons. The first-order valence-electron chi connectivity index (χ1n) is 9.26. The number of rotatable bonds is 2. The van der Waals surface area contributed by atoms with Crippen molar-refractivity contribution in [2.75, 3.05) is 0 Å². The molecule has 0 atom stereocenters. The maximum atomic E-state index is 2.43. The fourth-order valence-electron chi connectivity index (χ4n) is 4.18. The van der Waals surface area contributed by atoms with E-state index in [0.717, 1.165) is 0 Å². The number of fused-ring (bicyclic) bond motifs is 5. The van der Waals surface area contributed by atoms with Crippen LogP contribution in [0, 0.1) is 0 Å². The topological polar surface area (TPSA) is 4.93 Å². The molecule has 5 rings (SSSR count). The summed E-state index contributed by atoms with van der Waals surface area (Å²) in [5.41, 5.74) is 5.22. The summed E-state index contributed by atoms with van der Waals surface area (Å²) in [6.07, 6.45) is 0. The third kappa shape index (κ3) is 2.10. The molecule has 1 heteroatoms. The molecule has 4 aromatic carbocycles. The van der Waals surface area contributed by atoms with Gasteiger partial charge in [-0.2, -0.15) is 0 Å². The minimum atomic E-state index is 0.486. The van der Waals surface area contributed by atoms with E-state index < -0.39 is 0 Å². The monoisotopic (exact) mass is 335 g/mol. The second kappa shape index (κ2) is 5.74. The average Bonchev–Trinajstić information content (AvgIpc) is 3.03. The van der Waals surface area contributed by atoms with Crippen LogP contribution in [0.1, 0.15) is 25.3 Å². The molecule has 0 saturated heterocycles. The van der Waals surface area contributed by atoms with Crippen LogP contribution in [0.4, 0.5) is 0 Å². The van der Waals surface area contributed by atoms with Crippen LogP contribution in [-0.2, 0) is 0 Å². The largest absolute Gasteiger partial charge is 0.309 e. The van der Waals surface area contributed by atoms with Gasteiger partial charge in [0.1, 0.15) is 0 Å². The van der Waals surface area contributed by atoms with Crippen LogP contribution >= 0.6 is 0 Å². The van der Waals surface area contributed by atoms with Crippen molar-refractivity contribution in [3.05, 3.63) is 90.5 Å². The van der Waals surface area contributed by atoms with E-state index in [9.17, 15) is 0 Å². The molecule has 0 aliphatic rings. The second-order valence-electron chi connectivity index (χ2n) is 7.25. The van der Waals surface area contributed by atoms with Crippen molar-refractivity contribution >= 4 is 32.6 Å². The Hall–Kier alpha value is -3.06. The van der Waals surface area contributed by atoms with Gasteiger partial charge >= 0.3 is 0 Å². The molecule has 0 radical (unpaired) electrons. The van der Waals surface area contributed by atoms with Gasteiger partial charge in [-0.25, -0.2) is 0 Å². The summed E-state index contributed by atoms with van der Waals surface area (Å²) < 4.78 is 2.43. The van der Waals surface area contributed by atoms with E-state index >= 15 is 0 Å². The zero-order valence-corrected chi connectivity index (χ0v) is 15.1. The van der Waals surface area contributed by atoms with E-state index in [1.165, 1.54) is 43.8 Å². The average molecular weight is 335 g/mol. The quantitative estimate of drug-likeness (QED) is 0.325. The lowest BCUT2D eigenvalue weighted by Gasteiger charge is -2.10. The summed E-state index contributed by atoms with van der Waals surface area (Å²) in [5, 5.41) is 5.31. The molecule has 0 amide bonds. The molecule has 1 aromatic heterocycles. The maximum Gasteiger partial charge on any atom is 0.0619 e. The summed E-state index contributed by atoms with van der Waals surface area (Å²) in [7, 11) is 0. The molecule has 26 heavy (non-hydrogen) atoms. The molecule has 0 spiro atoms. The highest BCUT2D eigenvalue weighted by Crippen LogP contribution is 2.39. The summed E-state index contributed by atoms with van der Waals surface area (Å²) in [6, 6.07) is 30.7. The first-order chi connectivity index (χ1) is 12.8. The van der Waals surface area contributed by atoms with E-state index in [2.05, 4.69) is 103 Å². The first-order valence-corrected chi connectivity index (χ1v) is 9.26. The van der Waals surface area contributed by atoms with E-state index in [4.69, 9.17) is 0 Å². The minimum Gasteiger partial charge on any atom is -0.309 e. The predicted octanol–water partition coefficient (Wildman–Crippen LogP) is 7.06. The van der Waals surface area contributed by atoms with Crippen molar-refractivity contribution in [1.82, 2.24) is 4.57 Å². The fourth-order valence-corrected chi connectivity index (χ4v) is 4.18. The van der Waals surface area contributed by atoms with Crippen molar-refractivity contribution in [2.24, 2.45) is 0 Å². The fraction of sp³-hybridized carbons (Fsp3) is 0.120. The number of hydrogen-bond donors (Lipinski definition) is 0. The second-order valence-corrected chi connectivity index (χ2v) is 7.25. The zero-order valence-electron chi connectivity index (χ0n) is 15.1. The Balaban J connectivity index is 2.09. The van der Waals surface area contributed by atoms with Crippen LogP contribution in [0.25, 0.3) is 38.3 Å². The van der Waals surface area contributed by atoms with Gasteiger partial charge in [0, 0.05) is 21.8 Å². The molecule has 0 bridgehead atoms. The Morgan fingerprint density at radius 2 is 1.42 bits per heavy atom. The maximum absolute atomic E-state index is 2.43. The van der Waals surface area contributed by atoms with E-state index in [-0.39, 0.29) is 0 Å². The van der Waals surface area contributed by atoms with Crippen LogP contribution < -0.4 is 0 Å². The van der Waals surface area contributed by atoms with Crippen molar-refractivity contribution in [3.63, 3.8) is 0 Å². The Morgan fingerprint density at radius 3 is 2.23 bits per heavy atom. The third-order valence-corrected chi connectivity index (χ3v) is 5.35. The Morgan fingerprint density at radius 1 is 0.654 bits per heavy atom. The van der Waals surface area contributed by atoms with Crippen molar-refractivity contribution in [1.29, 1.82) is 0 Å². The van der Waals surface area contributed by atoms with Crippen molar-refractivity contribution in [2.45, 2.75) is 19.8 Å². The molecule has 5 aromatic rings. The van der Waals surface area contributed by atoms with E-state index in [1.807, 2.05) is 0 Å². The normalized spacial score (nSPS) is 11.8. The number of benzene rings is 4.